The zero-order valence-corrected chi connectivity index (χ0v) is 13.5. The molecule has 6 nitrogen and oxygen atoms in total. The van der Waals surface area contributed by atoms with E-state index in [4.69, 9.17) is 4.74 Å². The number of benzene rings is 1. The molecule has 0 saturated heterocycles. The highest BCUT2D eigenvalue weighted by molar-refractivity contribution is 5.97. The molecule has 126 valence electrons. The third-order valence-electron chi connectivity index (χ3n) is 3.48. The molecule has 0 unspecified atom stereocenters. The lowest BCUT2D eigenvalue weighted by Gasteiger charge is -2.08. The summed E-state index contributed by atoms with van der Waals surface area (Å²) in [4.78, 5) is 15.0. The fraction of sp³-hybridized carbons (Fsp3) is 0. The first-order chi connectivity index (χ1) is 11.7. The predicted octanol–water partition coefficient (Wildman–Crippen LogP) is 4.08. The number of aromatic hydroxyl groups is 1. The van der Waals surface area contributed by atoms with Gasteiger partial charge in [-0.1, -0.05) is 6.07 Å². The molecular formula is C17H12ClFN4O2. The fourth-order valence-electron chi connectivity index (χ4n) is 2.47. The van der Waals surface area contributed by atoms with Gasteiger partial charge in [0.15, 0.2) is 0 Å². The molecule has 8 heteroatoms. The highest BCUT2D eigenvalue weighted by Gasteiger charge is 2.15. The smallest absolute Gasteiger partial charge is 0.314 e. The van der Waals surface area contributed by atoms with Gasteiger partial charge in [-0.2, -0.15) is 4.98 Å². The Morgan fingerprint density at radius 1 is 1.08 bits per heavy atom. The van der Waals surface area contributed by atoms with Crippen molar-refractivity contribution in [1.29, 1.82) is 0 Å². The minimum atomic E-state index is -0.382. The molecule has 0 aliphatic heterocycles. The van der Waals surface area contributed by atoms with Gasteiger partial charge in [-0.3, -0.25) is 0 Å². The van der Waals surface area contributed by atoms with Crippen LogP contribution in [0.2, 0.25) is 0 Å². The number of hydrogen-bond donors (Lipinski definition) is 2. The van der Waals surface area contributed by atoms with Crippen LogP contribution in [0.25, 0.3) is 22.3 Å². The molecule has 0 aliphatic rings. The zero-order chi connectivity index (χ0) is 16.5. The Morgan fingerprint density at radius 2 is 1.92 bits per heavy atom. The normalized spacial score (nSPS) is 10.4. The van der Waals surface area contributed by atoms with E-state index in [0.29, 0.717) is 33.8 Å². The molecule has 0 atom stereocenters. The second-order valence-electron chi connectivity index (χ2n) is 5.04. The molecule has 4 aromatic rings. The minimum absolute atomic E-state index is 0. The monoisotopic (exact) mass is 358 g/mol. The van der Waals surface area contributed by atoms with E-state index in [9.17, 15) is 9.50 Å². The summed E-state index contributed by atoms with van der Waals surface area (Å²) in [6.45, 7) is 0. The third kappa shape index (κ3) is 3.22. The molecule has 0 saturated carbocycles. The van der Waals surface area contributed by atoms with Crippen molar-refractivity contribution in [3.63, 3.8) is 0 Å². The van der Waals surface area contributed by atoms with E-state index in [1.165, 1.54) is 18.3 Å². The largest absolute Gasteiger partial charge is 0.479 e. The van der Waals surface area contributed by atoms with Crippen molar-refractivity contribution < 1.29 is 14.2 Å². The van der Waals surface area contributed by atoms with Crippen LogP contribution in [0.5, 0.6) is 17.5 Å². The zero-order valence-electron chi connectivity index (χ0n) is 12.7. The van der Waals surface area contributed by atoms with Crippen LogP contribution in [0.4, 0.5) is 4.39 Å². The lowest BCUT2D eigenvalue weighted by atomic mass is 10.1. The van der Waals surface area contributed by atoms with Gasteiger partial charge in [0.1, 0.15) is 23.0 Å². The first kappa shape index (κ1) is 16.7. The van der Waals surface area contributed by atoms with Gasteiger partial charge in [0.05, 0.1) is 11.1 Å². The van der Waals surface area contributed by atoms with Crippen LogP contribution in [-0.4, -0.2) is 25.0 Å². The van der Waals surface area contributed by atoms with E-state index >= 15 is 0 Å². The van der Waals surface area contributed by atoms with Crippen molar-refractivity contribution in [3.8, 4) is 28.8 Å². The first-order valence-electron chi connectivity index (χ1n) is 7.12. The van der Waals surface area contributed by atoms with Gasteiger partial charge >= 0.3 is 6.01 Å². The molecule has 4 rings (SSSR count). The molecule has 0 spiro atoms. The number of aromatic amines is 1. The highest BCUT2D eigenvalue weighted by atomic mass is 35.5. The van der Waals surface area contributed by atoms with Crippen LogP contribution in [0, 0.1) is 5.82 Å². The Morgan fingerprint density at radius 3 is 2.72 bits per heavy atom. The number of halogens is 2. The number of nitrogens with one attached hydrogen (secondary N) is 1. The lowest BCUT2D eigenvalue weighted by molar-refractivity contribution is 0.431. The van der Waals surface area contributed by atoms with Gasteiger partial charge in [0.25, 0.3) is 0 Å². The minimum Gasteiger partial charge on any atom is -0.479 e. The van der Waals surface area contributed by atoms with Crippen LogP contribution in [-0.2, 0) is 0 Å². The van der Waals surface area contributed by atoms with Crippen molar-refractivity contribution in [2.24, 2.45) is 0 Å². The molecule has 3 heterocycles. The molecule has 0 bridgehead atoms. The highest BCUT2D eigenvalue weighted by Crippen LogP contribution is 2.36. The average Bonchev–Trinajstić information content (AvgIpc) is 3.00. The Hall–Kier alpha value is -3.19. The summed E-state index contributed by atoms with van der Waals surface area (Å²) in [7, 11) is 0. The molecular weight excluding hydrogens is 347 g/mol. The predicted molar refractivity (Wildman–Crippen MR) is 92.5 cm³/mol. The van der Waals surface area contributed by atoms with Gasteiger partial charge in [-0.25, -0.2) is 14.4 Å². The number of rotatable bonds is 3. The number of pyridine rings is 1. The van der Waals surface area contributed by atoms with Crippen LogP contribution < -0.4 is 4.74 Å². The molecule has 2 N–H and O–H groups in total. The maximum atomic E-state index is 13.4. The van der Waals surface area contributed by atoms with E-state index < -0.39 is 0 Å². The number of nitrogens with zero attached hydrogens (tertiary/aromatic N) is 3. The van der Waals surface area contributed by atoms with Crippen molar-refractivity contribution >= 4 is 23.4 Å². The van der Waals surface area contributed by atoms with Crippen LogP contribution in [0.1, 0.15) is 0 Å². The summed E-state index contributed by atoms with van der Waals surface area (Å²) in [6.07, 6.45) is 4.77. The van der Waals surface area contributed by atoms with E-state index in [1.54, 1.807) is 36.7 Å². The molecule has 0 aliphatic carbocycles. The van der Waals surface area contributed by atoms with Crippen molar-refractivity contribution in [1.82, 2.24) is 19.9 Å². The van der Waals surface area contributed by atoms with Crippen molar-refractivity contribution in [2.45, 2.75) is 0 Å². The SMILES string of the molecule is Cl.Oc1nccc(-c2c[nH]c3nccc(Oc4cccc(F)c4)c23)n1. The van der Waals surface area contributed by atoms with Crippen molar-refractivity contribution in [3.05, 3.63) is 60.8 Å². The average molecular weight is 359 g/mol. The molecule has 0 amide bonds. The summed E-state index contributed by atoms with van der Waals surface area (Å²) in [5.41, 5.74) is 1.81. The maximum Gasteiger partial charge on any atom is 0.314 e. The Kier molecular flexibility index (Phi) is 4.49. The molecule has 1 aromatic carbocycles. The fourth-order valence-corrected chi connectivity index (χ4v) is 2.47. The Labute approximate surface area is 147 Å². The second kappa shape index (κ2) is 6.74. The van der Waals surface area contributed by atoms with Crippen LogP contribution in [0.15, 0.2) is 55.0 Å². The molecule has 0 fully saturated rings. The summed E-state index contributed by atoms with van der Waals surface area (Å²) < 4.78 is 19.2. The van der Waals surface area contributed by atoms with E-state index in [0.717, 1.165) is 0 Å². The van der Waals surface area contributed by atoms with Crippen molar-refractivity contribution in [2.75, 3.05) is 0 Å². The Balaban J connectivity index is 0.00000182. The topological polar surface area (TPSA) is 83.9 Å². The van der Waals surface area contributed by atoms with Gasteiger partial charge in [0, 0.05) is 30.2 Å². The summed E-state index contributed by atoms with van der Waals surface area (Å²) >= 11 is 0. The number of fused-ring (bicyclic) bond motifs is 1. The summed E-state index contributed by atoms with van der Waals surface area (Å²) in [5.74, 6) is 0.493. The van der Waals surface area contributed by atoms with E-state index in [1.807, 2.05) is 0 Å². The summed E-state index contributed by atoms with van der Waals surface area (Å²) in [5, 5.41) is 10.2. The van der Waals surface area contributed by atoms with Gasteiger partial charge in [-0.15, -0.1) is 12.4 Å². The third-order valence-corrected chi connectivity index (χ3v) is 3.48. The molecule has 0 radical (unpaired) electrons. The quantitative estimate of drug-likeness (QED) is 0.576. The van der Waals surface area contributed by atoms with Gasteiger partial charge in [-0.05, 0) is 24.3 Å². The number of H-pyrrole nitrogens is 1. The maximum absolute atomic E-state index is 13.4. The molecule has 3 aromatic heterocycles. The second-order valence-corrected chi connectivity index (χ2v) is 5.04. The summed E-state index contributed by atoms with van der Waals surface area (Å²) in [6, 6.07) is 8.92. The van der Waals surface area contributed by atoms with E-state index in [2.05, 4.69) is 19.9 Å². The molecule has 25 heavy (non-hydrogen) atoms. The Bertz CT molecular complexity index is 1040. The number of aromatic nitrogens is 4. The van der Waals surface area contributed by atoms with Gasteiger partial charge < -0.3 is 14.8 Å². The van der Waals surface area contributed by atoms with Crippen LogP contribution in [0.3, 0.4) is 0 Å². The van der Waals surface area contributed by atoms with Crippen LogP contribution >= 0.6 is 12.4 Å². The van der Waals surface area contributed by atoms with Gasteiger partial charge in [0.2, 0.25) is 0 Å². The number of hydrogen-bond acceptors (Lipinski definition) is 5. The first-order valence-corrected chi connectivity index (χ1v) is 7.12. The lowest BCUT2D eigenvalue weighted by Crippen LogP contribution is -1.89. The number of ether oxygens (including phenoxy) is 1. The van der Waals surface area contributed by atoms with E-state index in [-0.39, 0.29) is 24.2 Å². The standard InChI is InChI=1S/C17H11FN4O2.ClH/c18-10-2-1-3-11(8-10)24-14-5-7-19-16-15(14)12(9-21-16)13-4-6-20-17(23)22-13;/h1-9H,(H,19,21)(H,20,22,23);1H.